The predicted octanol–water partition coefficient (Wildman–Crippen LogP) is 1.64. The molecule has 1 atom stereocenters. The monoisotopic (exact) mass is 278 g/mol. The van der Waals surface area contributed by atoms with Crippen molar-refractivity contribution in [3.8, 4) is 0 Å². The maximum absolute atomic E-state index is 12.8. The van der Waals surface area contributed by atoms with Gasteiger partial charge in [0.1, 0.15) is 5.82 Å². The summed E-state index contributed by atoms with van der Waals surface area (Å²) in [5, 5.41) is 0. The van der Waals surface area contributed by atoms with Gasteiger partial charge in [-0.1, -0.05) is 6.42 Å². The summed E-state index contributed by atoms with van der Waals surface area (Å²) in [5.74, 6) is 1.18. The molecule has 1 aliphatic heterocycles. The highest BCUT2D eigenvalue weighted by Gasteiger charge is 2.31. The summed E-state index contributed by atoms with van der Waals surface area (Å²) in [4.78, 5) is 21.3. The Morgan fingerprint density at radius 2 is 2.20 bits per heavy atom. The molecule has 0 unspecified atom stereocenters. The van der Waals surface area contributed by atoms with Gasteiger partial charge in [0.2, 0.25) is 5.91 Å². The molecular formula is C15H26N4O. The minimum atomic E-state index is 0.0337. The first-order valence-electron chi connectivity index (χ1n) is 7.47. The molecule has 0 saturated carbocycles. The van der Waals surface area contributed by atoms with E-state index in [1.807, 2.05) is 22.7 Å². The molecule has 1 aliphatic rings. The number of likely N-dealkylation sites (N-methyl/N-ethyl adjacent to an activating group) is 1. The summed E-state index contributed by atoms with van der Waals surface area (Å²) in [7, 11) is 4.03. The van der Waals surface area contributed by atoms with E-state index in [4.69, 9.17) is 0 Å². The third-order valence-electron chi connectivity index (χ3n) is 4.19. The van der Waals surface area contributed by atoms with Crippen molar-refractivity contribution in [3.63, 3.8) is 0 Å². The molecule has 0 N–H and O–H groups in total. The van der Waals surface area contributed by atoms with Crippen LogP contribution in [0.1, 0.15) is 38.9 Å². The topological polar surface area (TPSA) is 41.4 Å². The maximum Gasteiger partial charge on any atom is 0.240 e. The van der Waals surface area contributed by atoms with Gasteiger partial charge >= 0.3 is 0 Å². The number of imidazole rings is 1. The summed E-state index contributed by atoms with van der Waals surface area (Å²) in [6.07, 6.45) is 7.02. The average Bonchev–Trinajstić information content (AvgIpc) is 2.81. The number of amides is 1. The first-order chi connectivity index (χ1) is 9.50. The van der Waals surface area contributed by atoms with Crippen LogP contribution in [0.3, 0.4) is 0 Å². The number of carbonyl (C=O) groups excluding carboxylic acids is 1. The molecule has 0 spiro atoms. The maximum atomic E-state index is 12.8. The Balaban J connectivity index is 2.11. The fourth-order valence-electron chi connectivity index (χ4n) is 2.79. The number of aryl methyl sites for hydroxylation is 1. The molecule has 0 bridgehead atoms. The lowest BCUT2D eigenvalue weighted by molar-refractivity contribution is -0.140. The lowest BCUT2D eigenvalue weighted by Crippen LogP contribution is -2.51. The first-order valence-corrected chi connectivity index (χ1v) is 7.47. The first kappa shape index (κ1) is 15.0. The van der Waals surface area contributed by atoms with Gasteiger partial charge in [0, 0.05) is 25.5 Å². The van der Waals surface area contributed by atoms with Crippen molar-refractivity contribution in [2.75, 3.05) is 13.6 Å². The zero-order valence-corrected chi connectivity index (χ0v) is 13.0. The predicted molar refractivity (Wildman–Crippen MR) is 79.2 cm³/mol. The fourth-order valence-corrected chi connectivity index (χ4v) is 2.79. The van der Waals surface area contributed by atoms with Crippen LogP contribution < -0.4 is 0 Å². The van der Waals surface area contributed by atoms with Gasteiger partial charge in [-0.3, -0.25) is 9.69 Å². The Labute approximate surface area is 121 Å². The number of hydrogen-bond acceptors (Lipinski definition) is 3. The molecule has 5 nitrogen and oxygen atoms in total. The molecular weight excluding hydrogens is 252 g/mol. The SMILES string of the molecule is CC(C)N(Cc1nccn1C)C(=O)[C@@H]1CCCCN1C. The number of rotatable bonds is 4. The number of nitrogens with zero attached hydrogens (tertiary/aromatic N) is 4. The Morgan fingerprint density at radius 3 is 2.75 bits per heavy atom. The number of likely N-dealkylation sites (tertiary alicyclic amines) is 1. The van der Waals surface area contributed by atoms with Crippen molar-refractivity contribution in [1.29, 1.82) is 0 Å². The largest absolute Gasteiger partial charge is 0.337 e. The number of aromatic nitrogens is 2. The van der Waals surface area contributed by atoms with Crippen molar-refractivity contribution < 1.29 is 4.79 Å². The van der Waals surface area contributed by atoms with E-state index in [0.717, 1.165) is 25.2 Å². The minimum Gasteiger partial charge on any atom is -0.337 e. The third-order valence-corrected chi connectivity index (χ3v) is 4.19. The summed E-state index contributed by atoms with van der Waals surface area (Å²) in [6, 6.07) is 0.223. The van der Waals surface area contributed by atoms with E-state index in [0.29, 0.717) is 6.54 Å². The highest BCUT2D eigenvalue weighted by atomic mass is 16.2. The molecule has 1 fully saturated rings. The summed E-state index contributed by atoms with van der Waals surface area (Å²) in [5.41, 5.74) is 0. The van der Waals surface area contributed by atoms with Crippen molar-refractivity contribution in [2.24, 2.45) is 7.05 Å². The van der Waals surface area contributed by atoms with Crippen LogP contribution in [0, 0.1) is 0 Å². The van der Waals surface area contributed by atoms with E-state index < -0.39 is 0 Å². The molecule has 1 saturated heterocycles. The average molecular weight is 278 g/mol. The van der Waals surface area contributed by atoms with E-state index in [9.17, 15) is 4.79 Å². The molecule has 0 radical (unpaired) electrons. The van der Waals surface area contributed by atoms with Crippen LogP contribution in [0.4, 0.5) is 0 Å². The molecule has 0 aliphatic carbocycles. The van der Waals surface area contributed by atoms with E-state index in [1.54, 1.807) is 6.20 Å². The minimum absolute atomic E-state index is 0.0337. The van der Waals surface area contributed by atoms with Gasteiger partial charge in [0.25, 0.3) is 0 Å². The van der Waals surface area contributed by atoms with Crippen LogP contribution >= 0.6 is 0 Å². The number of hydrogen-bond donors (Lipinski definition) is 0. The molecule has 20 heavy (non-hydrogen) atoms. The highest BCUT2D eigenvalue weighted by molar-refractivity contribution is 5.82. The summed E-state index contributed by atoms with van der Waals surface area (Å²) < 4.78 is 1.98. The summed E-state index contributed by atoms with van der Waals surface area (Å²) in [6.45, 7) is 5.75. The Bertz CT molecular complexity index is 454. The van der Waals surface area contributed by atoms with Crippen molar-refractivity contribution >= 4 is 5.91 Å². The van der Waals surface area contributed by atoms with Crippen LogP contribution in [0.2, 0.25) is 0 Å². The molecule has 2 rings (SSSR count). The molecule has 1 aromatic heterocycles. The molecule has 1 aromatic rings. The van der Waals surface area contributed by atoms with Gasteiger partial charge in [-0.2, -0.15) is 0 Å². The Morgan fingerprint density at radius 1 is 1.45 bits per heavy atom. The Kier molecular flexibility index (Phi) is 4.81. The van der Waals surface area contributed by atoms with Gasteiger partial charge in [0.15, 0.2) is 0 Å². The van der Waals surface area contributed by atoms with Crippen LogP contribution in [-0.2, 0) is 18.4 Å². The fraction of sp³-hybridized carbons (Fsp3) is 0.733. The lowest BCUT2D eigenvalue weighted by Gasteiger charge is -2.37. The van der Waals surface area contributed by atoms with Crippen molar-refractivity contribution in [2.45, 2.75) is 51.7 Å². The van der Waals surface area contributed by atoms with E-state index in [-0.39, 0.29) is 18.0 Å². The van der Waals surface area contributed by atoms with Gasteiger partial charge in [-0.05, 0) is 40.3 Å². The normalized spacial score (nSPS) is 20.4. The van der Waals surface area contributed by atoms with Gasteiger partial charge in [-0.15, -0.1) is 0 Å². The smallest absolute Gasteiger partial charge is 0.240 e. The second kappa shape index (κ2) is 6.39. The lowest BCUT2D eigenvalue weighted by atomic mass is 10.0. The number of piperidine rings is 1. The highest BCUT2D eigenvalue weighted by Crippen LogP contribution is 2.19. The van der Waals surface area contributed by atoms with Gasteiger partial charge in [-0.25, -0.2) is 4.98 Å². The van der Waals surface area contributed by atoms with Gasteiger partial charge < -0.3 is 9.47 Å². The van der Waals surface area contributed by atoms with Crippen molar-refractivity contribution in [1.82, 2.24) is 19.4 Å². The third kappa shape index (κ3) is 3.20. The van der Waals surface area contributed by atoms with Crippen molar-refractivity contribution in [3.05, 3.63) is 18.2 Å². The van der Waals surface area contributed by atoms with E-state index in [1.165, 1.54) is 6.42 Å². The summed E-state index contributed by atoms with van der Waals surface area (Å²) >= 11 is 0. The zero-order chi connectivity index (χ0) is 14.7. The standard InChI is InChI=1S/C15H26N4O/c1-12(2)19(11-14-16-8-10-18(14)4)15(20)13-7-5-6-9-17(13)3/h8,10,12-13H,5-7,9,11H2,1-4H3/t13-/m0/s1. The second-order valence-corrected chi connectivity index (χ2v) is 6.01. The quantitative estimate of drug-likeness (QED) is 0.841. The van der Waals surface area contributed by atoms with E-state index in [2.05, 4.69) is 30.8 Å². The van der Waals surface area contributed by atoms with Crippen LogP contribution in [0.15, 0.2) is 12.4 Å². The molecule has 1 amide bonds. The molecule has 5 heteroatoms. The second-order valence-electron chi connectivity index (χ2n) is 6.01. The number of carbonyl (C=O) groups is 1. The molecule has 0 aromatic carbocycles. The molecule has 2 heterocycles. The van der Waals surface area contributed by atoms with Gasteiger partial charge in [0.05, 0.1) is 12.6 Å². The van der Waals surface area contributed by atoms with Crippen LogP contribution in [0.5, 0.6) is 0 Å². The zero-order valence-electron chi connectivity index (χ0n) is 13.0. The van der Waals surface area contributed by atoms with Crippen LogP contribution in [-0.4, -0.2) is 50.9 Å². The Hall–Kier alpha value is -1.36. The van der Waals surface area contributed by atoms with E-state index >= 15 is 0 Å². The van der Waals surface area contributed by atoms with Crippen LogP contribution in [0.25, 0.3) is 0 Å². The molecule has 112 valence electrons.